The first-order chi connectivity index (χ1) is 6.29. The van der Waals surface area contributed by atoms with Crippen LogP contribution in [0, 0.1) is 0 Å². The van der Waals surface area contributed by atoms with Crippen molar-refractivity contribution in [2.45, 2.75) is 6.61 Å². The molecule has 0 aliphatic heterocycles. The zero-order chi connectivity index (χ0) is 9.26. The fourth-order valence-corrected chi connectivity index (χ4v) is 1.95. The van der Waals surface area contributed by atoms with Crippen LogP contribution in [0.1, 0.15) is 5.76 Å². The predicted molar refractivity (Wildman–Crippen MR) is 50.7 cm³/mol. The molecule has 0 saturated carbocycles. The van der Waals surface area contributed by atoms with E-state index in [2.05, 4.69) is 5.16 Å². The van der Waals surface area contributed by atoms with Crippen LogP contribution in [0.2, 0.25) is 4.34 Å². The van der Waals surface area contributed by atoms with E-state index in [4.69, 9.17) is 21.2 Å². The van der Waals surface area contributed by atoms with E-state index < -0.39 is 0 Å². The largest absolute Gasteiger partial charge is 0.388 e. The van der Waals surface area contributed by atoms with Gasteiger partial charge in [0.25, 0.3) is 0 Å². The minimum absolute atomic E-state index is 0.133. The number of aliphatic hydroxyl groups excluding tert-OH is 1. The third kappa shape index (κ3) is 1.75. The number of halogens is 1. The van der Waals surface area contributed by atoms with Crippen molar-refractivity contribution in [1.82, 2.24) is 5.16 Å². The smallest absolute Gasteiger partial charge is 0.162 e. The van der Waals surface area contributed by atoms with Crippen LogP contribution < -0.4 is 0 Å². The highest BCUT2D eigenvalue weighted by Crippen LogP contribution is 2.30. The summed E-state index contributed by atoms with van der Waals surface area (Å²) in [7, 11) is 0. The molecule has 3 nitrogen and oxygen atoms in total. The Morgan fingerprint density at radius 2 is 2.38 bits per heavy atom. The van der Waals surface area contributed by atoms with Crippen LogP contribution in [-0.2, 0) is 6.61 Å². The predicted octanol–water partition coefficient (Wildman–Crippen LogP) is 2.55. The maximum absolute atomic E-state index is 8.75. The van der Waals surface area contributed by atoms with Gasteiger partial charge in [-0.1, -0.05) is 16.8 Å². The highest BCUT2D eigenvalue weighted by Gasteiger charge is 2.07. The average molecular weight is 216 g/mol. The number of aliphatic hydroxyl groups is 1. The number of nitrogens with zero attached hydrogens (tertiary/aromatic N) is 1. The van der Waals surface area contributed by atoms with Crippen molar-refractivity contribution in [3.05, 3.63) is 28.3 Å². The summed E-state index contributed by atoms with van der Waals surface area (Å²) in [6, 6.07) is 5.36. The molecule has 68 valence electrons. The molecule has 0 aromatic carbocycles. The highest BCUT2D eigenvalue weighted by atomic mass is 35.5. The summed E-state index contributed by atoms with van der Waals surface area (Å²) in [5.41, 5.74) is 0.709. The Labute approximate surface area is 83.6 Å². The number of thiophene rings is 1. The van der Waals surface area contributed by atoms with E-state index in [0.29, 0.717) is 15.8 Å². The van der Waals surface area contributed by atoms with Crippen LogP contribution in [-0.4, -0.2) is 10.3 Å². The van der Waals surface area contributed by atoms with Crippen molar-refractivity contribution < 1.29 is 9.63 Å². The van der Waals surface area contributed by atoms with Gasteiger partial charge in [-0.3, -0.25) is 0 Å². The standard InChI is InChI=1S/C8H6ClNO2S/c9-8-2-1-7(13-8)6-3-5(4-11)12-10-6/h1-3,11H,4H2. The van der Waals surface area contributed by atoms with E-state index in [1.807, 2.05) is 6.07 Å². The molecule has 0 unspecified atom stereocenters. The molecule has 2 aromatic rings. The van der Waals surface area contributed by atoms with Crippen molar-refractivity contribution in [2.75, 3.05) is 0 Å². The van der Waals surface area contributed by atoms with E-state index >= 15 is 0 Å². The third-order valence-electron chi connectivity index (χ3n) is 1.54. The second-order valence-corrected chi connectivity index (χ2v) is 4.16. The van der Waals surface area contributed by atoms with Crippen molar-refractivity contribution in [3.8, 4) is 10.6 Å². The summed E-state index contributed by atoms with van der Waals surface area (Å²) in [5, 5.41) is 12.5. The summed E-state index contributed by atoms with van der Waals surface area (Å²) >= 11 is 7.19. The number of hydrogen-bond acceptors (Lipinski definition) is 4. The van der Waals surface area contributed by atoms with Crippen molar-refractivity contribution in [2.24, 2.45) is 0 Å². The molecule has 2 heterocycles. The lowest BCUT2D eigenvalue weighted by Crippen LogP contribution is -1.73. The minimum Gasteiger partial charge on any atom is -0.388 e. The molecule has 0 bridgehead atoms. The second-order valence-electron chi connectivity index (χ2n) is 2.44. The molecule has 0 fully saturated rings. The van der Waals surface area contributed by atoms with Crippen LogP contribution in [0.25, 0.3) is 10.6 Å². The van der Waals surface area contributed by atoms with Gasteiger partial charge >= 0.3 is 0 Å². The molecule has 0 aliphatic rings. The molecule has 0 aliphatic carbocycles. The molecule has 0 amide bonds. The van der Waals surface area contributed by atoms with Crippen molar-refractivity contribution in [1.29, 1.82) is 0 Å². The fraction of sp³-hybridized carbons (Fsp3) is 0.125. The van der Waals surface area contributed by atoms with E-state index in [1.165, 1.54) is 11.3 Å². The van der Waals surface area contributed by atoms with E-state index in [9.17, 15) is 0 Å². The highest BCUT2D eigenvalue weighted by molar-refractivity contribution is 7.19. The van der Waals surface area contributed by atoms with Crippen LogP contribution in [0.15, 0.2) is 22.7 Å². The van der Waals surface area contributed by atoms with Gasteiger partial charge in [-0.2, -0.15) is 0 Å². The van der Waals surface area contributed by atoms with E-state index in [0.717, 1.165) is 4.88 Å². The van der Waals surface area contributed by atoms with Gasteiger partial charge in [0.05, 0.1) is 9.21 Å². The van der Waals surface area contributed by atoms with E-state index in [1.54, 1.807) is 12.1 Å². The van der Waals surface area contributed by atoms with Crippen molar-refractivity contribution in [3.63, 3.8) is 0 Å². The molecule has 2 rings (SSSR count). The Morgan fingerprint density at radius 1 is 1.54 bits per heavy atom. The average Bonchev–Trinajstić information content (AvgIpc) is 2.71. The van der Waals surface area contributed by atoms with Crippen LogP contribution >= 0.6 is 22.9 Å². The Morgan fingerprint density at radius 3 is 2.92 bits per heavy atom. The van der Waals surface area contributed by atoms with Gasteiger partial charge in [0.15, 0.2) is 5.76 Å². The summed E-state index contributed by atoms with van der Waals surface area (Å²) in [6.07, 6.45) is 0. The first-order valence-corrected chi connectivity index (χ1v) is 4.81. The molecule has 5 heteroatoms. The first-order valence-electron chi connectivity index (χ1n) is 3.62. The lowest BCUT2D eigenvalue weighted by Gasteiger charge is -1.83. The van der Waals surface area contributed by atoms with Gasteiger partial charge in [0, 0.05) is 6.07 Å². The molecular formula is C8H6ClNO2S. The zero-order valence-corrected chi connectivity index (χ0v) is 8.10. The van der Waals surface area contributed by atoms with Crippen LogP contribution in [0.4, 0.5) is 0 Å². The van der Waals surface area contributed by atoms with Crippen molar-refractivity contribution >= 4 is 22.9 Å². The molecule has 2 aromatic heterocycles. The second kappa shape index (κ2) is 3.49. The van der Waals surface area contributed by atoms with Crippen LogP contribution in [0.5, 0.6) is 0 Å². The Balaban J connectivity index is 2.35. The molecule has 0 spiro atoms. The van der Waals surface area contributed by atoms with Gasteiger partial charge in [0.1, 0.15) is 12.3 Å². The Hall–Kier alpha value is -0.840. The molecule has 0 saturated heterocycles. The number of rotatable bonds is 2. The number of aromatic nitrogens is 1. The van der Waals surface area contributed by atoms with Gasteiger partial charge in [-0.15, -0.1) is 11.3 Å². The summed E-state index contributed by atoms with van der Waals surface area (Å²) in [5.74, 6) is 0.458. The first kappa shape index (κ1) is 8.74. The third-order valence-corrected chi connectivity index (χ3v) is 2.79. The maximum atomic E-state index is 8.75. The zero-order valence-electron chi connectivity index (χ0n) is 6.53. The molecule has 1 N–H and O–H groups in total. The summed E-state index contributed by atoms with van der Waals surface area (Å²) in [6.45, 7) is -0.133. The van der Waals surface area contributed by atoms with Gasteiger partial charge in [0.2, 0.25) is 0 Å². The SMILES string of the molecule is OCc1cc(-c2ccc(Cl)s2)no1. The van der Waals surface area contributed by atoms with Gasteiger partial charge in [-0.05, 0) is 12.1 Å². The normalized spacial score (nSPS) is 10.6. The number of hydrogen-bond donors (Lipinski definition) is 1. The lowest BCUT2D eigenvalue weighted by atomic mass is 10.3. The molecule has 13 heavy (non-hydrogen) atoms. The van der Waals surface area contributed by atoms with Gasteiger partial charge < -0.3 is 9.63 Å². The monoisotopic (exact) mass is 215 g/mol. The molecule has 0 atom stereocenters. The van der Waals surface area contributed by atoms with Crippen LogP contribution in [0.3, 0.4) is 0 Å². The van der Waals surface area contributed by atoms with Gasteiger partial charge in [-0.25, -0.2) is 0 Å². The quantitative estimate of drug-likeness (QED) is 0.838. The minimum atomic E-state index is -0.133. The lowest BCUT2D eigenvalue weighted by molar-refractivity contribution is 0.229. The Bertz CT molecular complexity index is 410. The maximum Gasteiger partial charge on any atom is 0.162 e. The molecular weight excluding hydrogens is 210 g/mol. The summed E-state index contributed by atoms with van der Waals surface area (Å²) in [4.78, 5) is 0.938. The summed E-state index contributed by atoms with van der Waals surface area (Å²) < 4.78 is 5.55. The van der Waals surface area contributed by atoms with E-state index in [-0.39, 0.29) is 6.61 Å². The molecule has 0 radical (unpaired) electrons. The topological polar surface area (TPSA) is 46.3 Å². The Kier molecular flexibility index (Phi) is 2.35. The fourth-order valence-electron chi connectivity index (χ4n) is 0.956.